The van der Waals surface area contributed by atoms with Crippen LogP contribution in [0.15, 0.2) is 30.3 Å². The topological polar surface area (TPSA) is 144 Å². The summed E-state index contributed by atoms with van der Waals surface area (Å²) in [5.41, 5.74) is 1.47. The van der Waals surface area contributed by atoms with Gasteiger partial charge in [0.05, 0.1) is 35.5 Å². The molecular weight excluding hydrogens is 520 g/mol. The first kappa shape index (κ1) is 30.1. The number of hydrogen-bond acceptors (Lipinski definition) is 9. The molecule has 2 N–H and O–H groups in total. The van der Waals surface area contributed by atoms with Crippen LogP contribution < -0.4 is 10.6 Å². The highest BCUT2D eigenvalue weighted by atomic mass is 32.1. The van der Waals surface area contributed by atoms with E-state index in [1.165, 1.54) is 11.5 Å². The number of aryl methyl sites for hydroxylation is 1. The standard InChI is InChI=1S/C28H36N4O6S/c1-16(2)20(13-24(34)38-15-18-8-6-5-7-9-18)27(36)30-25(17(3)4)22(33)12-19-10-11-23-21(31-32-39-23)14-29-28(37)26(19)35/h5-9,16-17,19-20,25H,10-15H2,1-4H3,(H,29,37)(H,30,36). The Morgan fingerprint density at radius 2 is 1.82 bits per heavy atom. The molecule has 3 rings (SSSR count). The summed E-state index contributed by atoms with van der Waals surface area (Å²) >= 11 is 1.21. The average Bonchev–Trinajstić information content (AvgIpc) is 3.37. The zero-order valence-corrected chi connectivity index (χ0v) is 23.6. The summed E-state index contributed by atoms with van der Waals surface area (Å²) in [6.45, 7) is 7.49. The Bertz CT molecular complexity index is 1180. The molecule has 0 saturated heterocycles. The Balaban J connectivity index is 1.64. The predicted octanol–water partition coefficient (Wildman–Crippen LogP) is 2.79. The van der Waals surface area contributed by atoms with Gasteiger partial charge in [-0.15, -0.1) is 5.10 Å². The number of hydrogen-bond donors (Lipinski definition) is 2. The molecule has 2 amide bonds. The summed E-state index contributed by atoms with van der Waals surface area (Å²) in [5, 5.41) is 9.38. The largest absolute Gasteiger partial charge is 0.461 e. The van der Waals surface area contributed by atoms with Crippen molar-refractivity contribution in [3.63, 3.8) is 0 Å². The Hall–Kier alpha value is -3.47. The normalized spacial score (nSPS) is 17.3. The van der Waals surface area contributed by atoms with Gasteiger partial charge in [0.2, 0.25) is 11.7 Å². The zero-order valence-electron chi connectivity index (χ0n) is 22.8. The molecule has 11 heteroatoms. The van der Waals surface area contributed by atoms with Crippen LogP contribution in [0.5, 0.6) is 0 Å². The van der Waals surface area contributed by atoms with E-state index in [-0.39, 0.29) is 43.6 Å². The number of nitrogens with zero attached hydrogens (tertiary/aromatic N) is 2. The third-order valence-electron chi connectivity index (χ3n) is 6.89. The number of carbonyl (C=O) groups excluding carboxylic acids is 5. The van der Waals surface area contributed by atoms with E-state index in [9.17, 15) is 24.0 Å². The minimum absolute atomic E-state index is 0.112. The number of rotatable bonds is 11. The third-order valence-corrected chi connectivity index (χ3v) is 7.72. The van der Waals surface area contributed by atoms with Gasteiger partial charge in [-0.1, -0.05) is 62.5 Å². The number of esters is 1. The van der Waals surface area contributed by atoms with Gasteiger partial charge in [-0.25, -0.2) is 0 Å². The molecule has 210 valence electrons. The first-order chi connectivity index (χ1) is 18.6. The van der Waals surface area contributed by atoms with Crippen molar-refractivity contribution >= 4 is 40.9 Å². The Kier molecular flexibility index (Phi) is 10.8. The number of amides is 2. The molecule has 1 aliphatic heterocycles. The molecule has 1 aromatic heterocycles. The Morgan fingerprint density at radius 3 is 2.49 bits per heavy atom. The van der Waals surface area contributed by atoms with E-state index in [1.807, 2.05) is 44.2 Å². The van der Waals surface area contributed by atoms with Gasteiger partial charge >= 0.3 is 5.97 Å². The molecule has 3 atom stereocenters. The second kappa shape index (κ2) is 14.1. The number of benzene rings is 1. The van der Waals surface area contributed by atoms with Crippen molar-refractivity contribution in [2.45, 2.75) is 72.6 Å². The maximum Gasteiger partial charge on any atom is 0.306 e. The lowest BCUT2D eigenvalue weighted by Crippen LogP contribution is -2.49. The quantitative estimate of drug-likeness (QED) is 0.318. The van der Waals surface area contributed by atoms with E-state index in [1.54, 1.807) is 13.8 Å². The van der Waals surface area contributed by atoms with Crippen LogP contribution in [-0.2, 0) is 48.3 Å². The molecule has 3 unspecified atom stereocenters. The molecule has 1 aromatic carbocycles. The van der Waals surface area contributed by atoms with Crippen molar-refractivity contribution in [3.05, 3.63) is 46.5 Å². The maximum absolute atomic E-state index is 13.4. The van der Waals surface area contributed by atoms with Gasteiger partial charge in [0.15, 0.2) is 5.78 Å². The Labute approximate surface area is 232 Å². The second-order valence-corrected chi connectivity index (χ2v) is 11.4. The molecule has 0 saturated carbocycles. The second-order valence-electron chi connectivity index (χ2n) is 10.5. The van der Waals surface area contributed by atoms with Gasteiger partial charge in [-0.3, -0.25) is 24.0 Å². The van der Waals surface area contributed by atoms with Crippen molar-refractivity contribution in [2.75, 3.05) is 0 Å². The first-order valence-electron chi connectivity index (χ1n) is 13.2. The van der Waals surface area contributed by atoms with Gasteiger partial charge in [-0.2, -0.15) is 0 Å². The van der Waals surface area contributed by atoms with Crippen molar-refractivity contribution < 1.29 is 28.7 Å². The van der Waals surface area contributed by atoms with Crippen LogP contribution in [0.1, 0.15) is 63.1 Å². The zero-order chi connectivity index (χ0) is 28.5. The van der Waals surface area contributed by atoms with Crippen LogP contribution in [0.25, 0.3) is 0 Å². The molecule has 1 aliphatic rings. The van der Waals surface area contributed by atoms with Gasteiger partial charge < -0.3 is 15.4 Å². The van der Waals surface area contributed by atoms with Crippen molar-refractivity contribution in [1.82, 2.24) is 20.2 Å². The van der Waals surface area contributed by atoms with Gasteiger partial charge in [0.25, 0.3) is 5.91 Å². The predicted molar refractivity (Wildman–Crippen MR) is 144 cm³/mol. The molecule has 10 nitrogen and oxygen atoms in total. The number of Topliss-reactive ketones (excluding diaryl/α,β-unsaturated/α-hetero) is 2. The monoisotopic (exact) mass is 556 g/mol. The molecule has 2 heterocycles. The first-order valence-corrected chi connectivity index (χ1v) is 14.0. The maximum atomic E-state index is 13.4. The molecule has 39 heavy (non-hydrogen) atoms. The number of aromatic nitrogens is 2. The highest BCUT2D eigenvalue weighted by Gasteiger charge is 2.35. The van der Waals surface area contributed by atoms with E-state index in [0.717, 1.165) is 10.4 Å². The SMILES string of the molecule is CC(C)C(CC(=O)OCc1ccccc1)C(=O)NC(C(=O)CC1CCc2snnc2CNC(=O)C1=O)C(C)C. The minimum atomic E-state index is -0.872. The molecule has 0 radical (unpaired) electrons. The van der Waals surface area contributed by atoms with Crippen LogP contribution >= 0.6 is 11.5 Å². The lowest BCUT2D eigenvalue weighted by molar-refractivity contribution is -0.149. The van der Waals surface area contributed by atoms with E-state index in [0.29, 0.717) is 18.5 Å². The molecule has 0 aliphatic carbocycles. The fourth-order valence-electron chi connectivity index (χ4n) is 4.48. The summed E-state index contributed by atoms with van der Waals surface area (Å²) in [6.07, 6.45) is 0.477. The summed E-state index contributed by atoms with van der Waals surface area (Å²) in [7, 11) is 0. The molecular formula is C28H36N4O6S. The van der Waals surface area contributed by atoms with E-state index in [2.05, 4.69) is 20.2 Å². The lowest BCUT2D eigenvalue weighted by Gasteiger charge is -2.27. The molecule has 2 aromatic rings. The van der Waals surface area contributed by atoms with Crippen LogP contribution in [0.3, 0.4) is 0 Å². The van der Waals surface area contributed by atoms with Gasteiger partial charge in [0.1, 0.15) is 6.61 Å². The van der Waals surface area contributed by atoms with E-state index < -0.39 is 41.4 Å². The van der Waals surface area contributed by atoms with Crippen molar-refractivity contribution in [1.29, 1.82) is 0 Å². The van der Waals surface area contributed by atoms with E-state index in [4.69, 9.17) is 4.74 Å². The van der Waals surface area contributed by atoms with Crippen LogP contribution in [0, 0.1) is 23.7 Å². The Morgan fingerprint density at radius 1 is 1.10 bits per heavy atom. The average molecular weight is 557 g/mol. The third kappa shape index (κ3) is 8.51. The fraction of sp³-hybridized carbons (Fsp3) is 0.536. The van der Waals surface area contributed by atoms with Crippen LogP contribution in [-0.4, -0.2) is 45.0 Å². The van der Waals surface area contributed by atoms with Crippen molar-refractivity contribution in [3.8, 4) is 0 Å². The summed E-state index contributed by atoms with van der Waals surface area (Å²) in [4.78, 5) is 65.3. The number of carbonyl (C=O) groups is 5. The van der Waals surface area contributed by atoms with Crippen LogP contribution in [0.4, 0.5) is 0 Å². The molecule has 0 spiro atoms. The number of fused-ring (bicyclic) bond motifs is 1. The number of ether oxygens (including phenoxy) is 1. The van der Waals surface area contributed by atoms with E-state index >= 15 is 0 Å². The summed E-state index contributed by atoms with van der Waals surface area (Å²) < 4.78 is 9.28. The summed E-state index contributed by atoms with van der Waals surface area (Å²) in [6, 6.07) is 8.39. The molecule has 0 bridgehead atoms. The molecule has 0 fully saturated rings. The summed E-state index contributed by atoms with van der Waals surface area (Å²) in [5.74, 6) is -4.63. The van der Waals surface area contributed by atoms with Crippen LogP contribution in [0.2, 0.25) is 0 Å². The fourth-order valence-corrected chi connectivity index (χ4v) is 5.14. The minimum Gasteiger partial charge on any atom is -0.461 e. The van der Waals surface area contributed by atoms with Gasteiger partial charge in [-0.05, 0) is 41.8 Å². The highest BCUT2D eigenvalue weighted by molar-refractivity contribution is 7.05. The highest BCUT2D eigenvalue weighted by Crippen LogP contribution is 2.23. The number of ketones is 2. The lowest BCUT2D eigenvalue weighted by atomic mass is 9.86. The van der Waals surface area contributed by atoms with Gasteiger partial charge in [0, 0.05) is 12.3 Å². The van der Waals surface area contributed by atoms with Crippen molar-refractivity contribution in [2.24, 2.45) is 23.7 Å². The number of nitrogens with one attached hydrogen (secondary N) is 2. The smallest absolute Gasteiger partial charge is 0.306 e.